The van der Waals surface area contributed by atoms with Crippen LogP contribution in [0.1, 0.15) is 18.1 Å². The van der Waals surface area contributed by atoms with Gasteiger partial charge in [-0.2, -0.15) is 0 Å². The monoisotopic (exact) mass is 667 g/mol. The zero-order valence-corrected chi connectivity index (χ0v) is 28.6. The second-order valence-electron chi connectivity index (χ2n) is 13.3. The van der Waals surface area contributed by atoms with E-state index in [1.807, 2.05) is 36.4 Å². The van der Waals surface area contributed by atoms with Crippen molar-refractivity contribution in [1.29, 1.82) is 0 Å². The van der Waals surface area contributed by atoms with Gasteiger partial charge in [-0.15, -0.1) is 0 Å². The SMILES string of the molecule is C=C(/C=C(\N=C(C)c1ccccc1)c1ccccc1)n1c2ccccc2c2cc(-n3c4ccccc4c4c5oc6ccccc6c5ccc43)ccc21. The van der Waals surface area contributed by atoms with Crippen LogP contribution >= 0.6 is 0 Å². The van der Waals surface area contributed by atoms with Crippen LogP contribution in [0.25, 0.3) is 82.6 Å². The van der Waals surface area contributed by atoms with Crippen LogP contribution in [0.3, 0.4) is 0 Å². The number of furan rings is 1. The summed E-state index contributed by atoms with van der Waals surface area (Å²) in [6, 6.07) is 57.3. The summed E-state index contributed by atoms with van der Waals surface area (Å²) in [6.45, 7) is 6.71. The summed E-state index contributed by atoms with van der Waals surface area (Å²) in [4.78, 5) is 5.16. The zero-order valence-electron chi connectivity index (χ0n) is 28.6. The quantitative estimate of drug-likeness (QED) is 0.128. The van der Waals surface area contributed by atoms with Gasteiger partial charge in [-0.3, -0.25) is 4.99 Å². The van der Waals surface area contributed by atoms with Crippen molar-refractivity contribution >= 4 is 82.7 Å². The molecule has 0 atom stereocenters. The van der Waals surface area contributed by atoms with Crippen molar-refractivity contribution in [3.05, 3.63) is 188 Å². The number of benzene rings is 7. The van der Waals surface area contributed by atoms with Gasteiger partial charge in [0.15, 0.2) is 0 Å². The molecule has 0 unspecified atom stereocenters. The molecule has 10 aromatic rings. The van der Waals surface area contributed by atoms with Crippen LogP contribution in [0, 0.1) is 0 Å². The van der Waals surface area contributed by atoms with Gasteiger partial charge >= 0.3 is 0 Å². The second kappa shape index (κ2) is 11.9. The molecule has 0 N–H and O–H groups in total. The topological polar surface area (TPSA) is 35.4 Å². The van der Waals surface area contributed by atoms with Gasteiger partial charge in [-0.25, -0.2) is 0 Å². The number of fused-ring (bicyclic) bond motifs is 10. The molecule has 0 amide bonds. The number of hydrogen-bond acceptors (Lipinski definition) is 2. The van der Waals surface area contributed by atoms with Crippen molar-refractivity contribution in [3.8, 4) is 5.69 Å². The Bertz CT molecular complexity index is 3080. The first-order valence-corrected chi connectivity index (χ1v) is 17.6. The highest BCUT2D eigenvalue weighted by atomic mass is 16.3. The molecule has 0 saturated heterocycles. The smallest absolute Gasteiger partial charge is 0.145 e. The van der Waals surface area contributed by atoms with E-state index in [0.717, 1.165) is 88.7 Å². The zero-order chi connectivity index (χ0) is 34.8. The summed E-state index contributed by atoms with van der Waals surface area (Å²) in [7, 11) is 0. The minimum atomic E-state index is 0.839. The predicted molar refractivity (Wildman–Crippen MR) is 219 cm³/mol. The average molecular weight is 668 g/mol. The molecule has 7 aromatic carbocycles. The Hall–Kier alpha value is -6.91. The normalized spacial score (nSPS) is 12.6. The summed E-state index contributed by atoms with van der Waals surface area (Å²) in [6.07, 6.45) is 2.10. The Morgan fingerprint density at radius 1 is 0.558 bits per heavy atom. The molecule has 246 valence electrons. The van der Waals surface area contributed by atoms with Gasteiger partial charge in [0.2, 0.25) is 0 Å². The highest BCUT2D eigenvalue weighted by Gasteiger charge is 2.20. The minimum absolute atomic E-state index is 0.839. The van der Waals surface area contributed by atoms with Crippen LogP contribution in [-0.4, -0.2) is 14.8 Å². The highest BCUT2D eigenvalue weighted by Crippen LogP contribution is 2.41. The number of para-hydroxylation sites is 3. The van der Waals surface area contributed by atoms with Crippen molar-refractivity contribution in [2.45, 2.75) is 6.92 Å². The Labute approximate surface area is 300 Å². The molecule has 3 aromatic heterocycles. The lowest BCUT2D eigenvalue weighted by Crippen LogP contribution is -1.98. The van der Waals surface area contributed by atoms with Crippen LogP contribution in [0.2, 0.25) is 0 Å². The van der Waals surface area contributed by atoms with Gasteiger partial charge in [0, 0.05) is 49.6 Å². The molecule has 0 bridgehead atoms. The van der Waals surface area contributed by atoms with Crippen LogP contribution in [0.5, 0.6) is 0 Å². The molecule has 0 spiro atoms. The number of nitrogens with zero attached hydrogens (tertiary/aromatic N) is 3. The molecular weight excluding hydrogens is 635 g/mol. The summed E-state index contributed by atoms with van der Waals surface area (Å²) in [5.41, 5.74) is 12.1. The van der Waals surface area contributed by atoms with E-state index in [0.29, 0.717) is 0 Å². The van der Waals surface area contributed by atoms with Gasteiger partial charge in [0.05, 0.1) is 33.2 Å². The Morgan fingerprint density at radius 2 is 1.17 bits per heavy atom. The molecule has 0 aliphatic heterocycles. The fraction of sp³-hybridized carbons (Fsp3) is 0.0208. The molecule has 10 rings (SSSR count). The molecule has 4 heteroatoms. The van der Waals surface area contributed by atoms with Gasteiger partial charge in [0.1, 0.15) is 11.2 Å². The first kappa shape index (κ1) is 30.0. The maximum Gasteiger partial charge on any atom is 0.145 e. The molecule has 3 heterocycles. The number of aromatic nitrogens is 2. The molecular formula is C48H33N3O. The van der Waals surface area contributed by atoms with Crippen LogP contribution in [0.15, 0.2) is 186 Å². The van der Waals surface area contributed by atoms with Crippen LogP contribution in [-0.2, 0) is 0 Å². The lowest BCUT2D eigenvalue weighted by atomic mass is 10.1. The number of hydrogen-bond donors (Lipinski definition) is 0. The van der Waals surface area contributed by atoms with E-state index in [9.17, 15) is 0 Å². The van der Waals surface area contributed by atoms with Crippen molar-refractivity contribution in [2.24, 2.45) is 4.99 Å². The maximum atomic E-state index is 6.55. The largest absolute Gasteiger partial charge is 0.455 e. The molecule has 0 aliphatic rings. The summed E-state index contributed by atoms with van der Waals surface area (Å²) in [5.74, 6) is 0. The predicted octanol–water partition coefficient (Wildman–Crippen LogP) is 12.8. The Kier molecular flexibility index (Phi) is 6.83. The van der Waals surface area contributed by atoms with Gasteiger partial charge in [-0.1, -0.05) is 122 Å². The standard InChI is InChI=1S/C48H33N3O/c1-31(29-41(34-17-7-4-8-18-34)49-32(2)33-15-5-3-6-16-33)50-42-22-12-9-19-36(42)40-30-35(25-27-44(40)50)51-43-23-13-10-21-39(43)47-45(51)28-26-38-37-20-11-14-24-46(37)52-48(38)47/h3-30H,1H2,2H3/b41-29-,49-32?. The van der Waals surface area contributed by atoms with E-state index < -0.39 is 0 Å². The third-order valence-corrected chi connectivity index (χ3v) is 10.2. The fourth-order valence-corrected chi connectivity index (χ4v) is 7.86. The molecule has 0 radical (unpaired) electrons. The lowest BCUT2D eigenvalue weighted by molar-refractivity contribution is 0.673. The maximum absolute atomic E-state index is 6.55. The number of rotatable bonds is 6. The van der Waals surface area contributed by atoms with E-state index >= 15 is 0 Å². The van der Waals surface area contributed by atoms with E-state index in [1.165, 1.54) is 10.8 Å². The summed E-state index contributed by atoms with van der Waals surface area (Å²) >= 11 is 0. The molecule has 0 saturated carbocycles. The van der Waals surface area contributed by atoms with E-state index in [-0.39, 0.29) is 0 Å². The van der Waals surface area contributed by atoms with Crippen molar-refractivity contribution < 1.29 is 4.42 Å². The number of allylic oxidation sites excluding steroid dienone is 2. The average Bonchev–Trinajstić information content (AvgIpc) is 3.85. The van der Waals surface area contributed by atoms with E-state index in [1.54, 1.807) is 0 Å². The summed E-state index contributed by atoms with van der Waals surface area (Å²) in [5, 5.41) is 6.89. The molecule has 4 nitrogen and oxygen atoms in total. The Balaban J connectivity index is 1.17. The first-order valence-electron chi connectivity index (χ1n) is 17.6. The third-order valence-electron chi connectivity index (χ3n) is 10.2. The van der Waals surface area contributed by atoms with Crippen LogP contribution in [0.4, 0.5) is 0 Å². The first-order chi connectivity index (χ1) is 25.6. The van der Waals surface area contributed by atoms with Crippen molar-refractivity contribution in [1.82, 2.24) is 9.13 Å². The molecule has 0 aliphatic carbocycles. The van der Waals surface area contributed by atoms with Crippen LogP contribution < -0.4 is 0 Å². The molecule has 0 fully saturated rings. The van der Waals surface area contributed by atoms with Gasteiger partial charge in [-0.05, 0) is 67.1 Å². The number of aliphatic imine (C=N–C) groups is 1. The van der Waals surface area contributed by atoms with Crippen molar-refractivity contribution in [3.63, 3.8) is 0 Å². The van der Waals surface area contributed by atoms with Gasteiger partial charge in [0.25, 0.3) is 0 Å². The minimum Gasteiger partial charge on any atom is -0.455 e. The fourth-order valence-electron chi connectivity index (χ4n) is 7.86. The highest BCUT2D eigenvalue weighted by molar-refractivity contribution is 6.24. The summed E-state index contributed by atoms with van der Waals surface area (Å²) < 4.78 is 11.2. The van der Waals surface area contributed by atoms with E-state index in [4.69, 9.17) is 9.41 Å². The van der Waals surface area contributed by atoms with Crippen molar-refractivity contribution in [2.75, 3.05) is 0 Å². The second-order valence-corrected chi connectivity index (χ2v) is 13.3. The lowest BCUT2D eigenvalue weighted by Gasteiger charge is -2.12. The van der Waals surface area contributed by atoms with E-state index in [2.05, 4.69) is 156 Å². The third kappa shape index (κ3) is 4.65. The van der Waals surface area contributed by atoms with Gasteiger partial charge < -0.3 is 13.6 Å². The molecule has 52 heavy (non-hydrogen) atoms. The Morgan fingerprint density at radius 3 is 1.96 bits per heavy atom.